The molecular weight excluding hydrogens is 219 g/mol. The van der Waals surface area contributed by atoms with Crippen LogP contribution in [0.2, 0.25) is 0 Å². The van der Waals surface area contributed by atoms with Crippen LogP contribution in [0.25, 0.3) is 0 Å². The van der Waals surface area contributed by atoms with E-state index in [4.69, 9.17) is 4.74 Å². The molecule has 0 heterocycles. The number of methoxy groups -OCH3 is 1. The summed E-state index contributed by atoms with van der Waals surface area (Å²) in [6, 6.07) is 7.61. The van der Waals surface area contributed by atoms with Gasteiger partial charge in [-0.2, -0.15) is 0 Å². The van der Waals surface area contributed by atoms with Gasteiger partial charge in [0.25, 0.3) is 0 Å². The summed E-state index contributed by atoms with van der Waals surface area (Å²) in [5.41, 5.74) is 0. The van der Waals surface area contributed by atoms with Gasteiger partial charge in [0.15, 0.2) is 0 Å². The van der Waals surface area contributed by atoms with Crippen LogP contribution >= 0.6 is 0 Å². The molecule has 1 aromatic carbocycles. The van der Waals surface area contributed by atoms with Crippen LogP contribution < -0.4 is 9.20 Å². The summed E-state index contributed by atoms with van der Waals surface area (Å²) in [5.74, 6) is 0.832. The van der Waals surface area contributed by atoms with E-state index < -0.39 is 0 Å². The first kappa shape index (κ1) is 9.30. The second-order valence-electron chi connectivity index (χ2n) is 2.27. The summed E-state index contributed by atoms with van der Waals surface area (Å²) in [7, 11) is 1.63. The number of benzene rings is 1. The zero-order valence-electron chi connectivity index (χ0n) is 7.03. The Morgan fingerprint density at radius 3 is 2.33 bits per heavy atom. The third kappa shape index (κ3) is 2.68. The Bertz CT molecular complexity index is 266. The predicted octanol–water partition coefficient (Wildman–Crippen LogP) is 0.571. The van der Waals surface area contributed by atoms with E-state index in [2.05, 4.69) is 0 Å². The average Bonchev–Trinajstić information content (AvgIpc) is 2.05. The molecule has 12 heavy (non-hydrogen) atoms. The van der Waals surface area contributed by atoms with E-state index in [1.807, 2.05) is 24.3 Å². The van der Waals surface area contributed by atoms with Crippen molar-refractivity contribution < 1.29 is 9.53 Å². The molecule has 2 nitrogen and oxygen atoms in total. The molecule has 0 saturated carbocycles. The Labute approximate surface area is 78.1 Å². The zero-order chi connectivity index (χ0) is 8.97. The number of hydrogen-bond donors (Lipinski definition) is 0. The van der Waals surface area contributed by atoms with Gasteiger partial charge in [-0.25, -0.2) is 0 Å². The molecule has 0 atom stereocenters. The molecule has 0 aromatic heterocycles. The number of carbonyl (C=O) groups is 1. The fourth-order valence-electron chi connectivity index (χ4n) is 0.810. The van der Waals surface area contributed by atoms with Gasteiger partial charge in [0.1, 0.15) is 0 Å². The monoisotopic (exact) mass is 230 g/mol. The van der Waals surface area contributed by atoms with Crippen LogP contribution in [0.5, 0.6) is 5.75 Å². The van der Waals surface area contributed by atoms with E-state index in [9.17, 15) is 4.79 Å². The second-order valence-corrected chi connectivity index (χ2v) is 4.89. The van der Waals surface area contributed by atoms with Gasteiger partial charge in [-0.3, -0.25) is 0 Å². The fraction of sp³-hybridized carbons (Fsp3) is 0.222. The first-order chi connectivity index (χ1) is 5.72. The van der Waals surface area contributed by atoms with Crippen molar-refractivity contribution in [2.45, 2.75) is 6.92 Å². The van der Waals surface area contributed by atoms with Crippen LogP contribution in [0.3, 0.4) is 0 Å². The van der Waals surface area contributed by atoms with E-state index in [1.165, 1.54) is 0 Å². The molecule has 0 radical (unpaired) electrons. The number of rotatable bonds is 3. The summed E-state index contributed by atoms with van der Waals surface area (Å²) in [6.45, 7) is 1.62. The van der Waals surface area contributed by atoms with Crippen LogP contribution in [0.4, 0.5) is 0 Å². The molecule has 0 fully saturated rings. The van der Waals surface area contributed by atoms with Gasteiger partial charge in [-0.1, -0.05) is 0 Å². The molecule has 0 spiro atoms. The van der Waals surface area contributed by atoms with Gasteiger partial charge in [0, 0.05) is 0 Å². The Morgan fingerprint density at radius 2 is 1.92 bits per heavy atom. The van der Waals surface area contributed by atoms with Crippen LogP contribution in [-0.2, 0) is 4.79 Å². The van der Waals surface area contributed by atoms with Crippen LogP contribution in [-0.4, -0.2) is 26.7 Å². The van der Waals surface area contributed by atoms with Crippen molar-refractivity contribution in [3.63, 3.8) is 0 Å². The molecule has 1 aromatic rings. The van der Waals surface area contributed by atoms with Crippen molar-refractivity contribution in [2.75, 3.05) is 7.11 Å². The minimum absolute atomic E-state index is 0.0354. The van der Waals surface area contributed by atoms with E-state index in [1.54, 1.807) is 14.0 Å². The number of carbonyl (C=O) groups excluding carboxylic acids is 1. The molecule has 3 heteroatoms. The Kier molecular flexibility index (Phi) is 3.32. The fourth-order valence-corrected chi connectivity index (χ4v) is 2.08. The molecular formula is C9H10O2Se. The molecule has 0 aliphatic heterocycles. The topological polar surface area (TPSA) is 26.3 Å². The van der Waals surface area contributed by atoms with Gasteiger partial charge in [0.2, 0.25) is 0 Å². The number of ether oxygens (including phenoxy) is 1. The van der Waals surface area contributed by atoms with Crippen LogP contribution in [0.1, 0.15) is 6.92 Å². The maximum absolute atomic E-state index is 10.8. The van der Waals surface area contributed by atoms with Crippen LogP contribution in [0.15, 0.2) is 24.3 Å². The second kappa shape index (κ2) is 4.29. The summed E-state index contributed by atoms with van der Waals surface area (Å²) < 4.78 is 6.33. The Balaban J connectivity index is 2.71. The molecule has 64 valence electrons. The van der Waals surface area contributed by atoms with Gasteiger partial charge in [-0.05, 0) is 0 Å². The Morgan fingerprint density at radius 1 is 1.33 bits per heavy atom. The standard InChI is InChI=1S/C9H10O2Se/c1-7(10)12-9-5-3-8(11-2)4-6-9/h3-6H,1-2H3. The zero-order valence-corrected chi connectivity index (χ0v) is 8.75. The van der Waals surface area contributed by atoms with Crippen molar-refractivity contribution in [1.29, 1.82) is 0 Å². The van der Waals surface area contributed by atoms with Crippen molar-refractivity contribution in [3.8, 4) is 5.75 Å². The van der Waals surface area contributed by atoms with Crippen molar-refractivity contribution >= 4 is 24.1 Å². The normalized spacial score (nSPS) is 9.50. The summed E-state index contributed by atoms with van der Waals surface area (Å²) in [4.78, 5) is 10.8. The molecule has 0 aliphatic carbocycles. The molecule has 0 amide bonds. The quantitative estimate of drug-likeness (QED) is 0.708. The maximum atomic E-state index is 10.8. The van der Waals surface area contributed by atoms with Crippen molar-refractivity contribution in [1.82, 2.24) is 0 Å². The molecule has 0 unspecified atom stereocenters. The first-order valence-corrected chi connectivity index (χ1v) is 5.26. The first-order valence-electron chi connectivity index (χ1n) is 3.55. The number of hydrogen-bond acceptors (Lipinski definition) is 2. The Hall–Kier alpha value is -0.791. The van der Waals surface area contributed by atoms with Gasteiger partial charge in [0.05, 0.1) is 0 Å². The molecule has 0 saturated heterocycles. The van der Waals surface area contributed by atoms with E-state index in [0.717, 1.165) is 10.2 Å². The van der Waals surface area contributed by atoms with Gasteiger partial charge in [-0.15, -0.1) is 0 Å². The summed E-state index contributed by atoms with van der Waals surface area (Å²) in [5, 5.41) is 0. The molecule has 1 rings (SSSR count). The molecule has 0 N–H and O–H groups in total. The summed E-state index contributed by atoms with van der Waals surface area (Å²) in [6.07, 6.45) is 0. The molecule has 0 bridgehead atoms. The average molecular weight is 229 g/mol. The summed E-state index contributed by atoms with van der Waals surface area (Å²) >= 11 is -0.0354. The third-order valence-electron chi connectivity index (χ3n) is 1.32. The van der Waals surface area contributed by atoms with Crippen molar-refractivity contribution in [3.05, 3.63) is 24.3 Å². The predicted molar refractivity (Wildman–Crippen MR) is 49.1 cm³/mol. The van der Waals surface area contributed by atoms with Gasteiger partial charge >= 0.3 is 77.7 Å². The van der Waals surface area contributed by atoms with E-state index >= 15 is 0 Å². The van der Waals surface area contributed by atoms with Gasteiger partial charge < -0.3 is 0 Å². The van der Waals surface area contributed by atoms with Crippen LogP contribution in [0, 0.1) is 0 Å². The molecule has 0 aliphatic rings. The van der Waals surface area contributed by atoms with Crippen molar-refractivity contribution in [2.24, 2.45) is 0 Å². The minimum atomic E-state index is -0.0354. The van der Waals surface area contributed by atoms with E-state index in [0.29, 0.717) is 0 Å². The van der Waals surface area contributed by atoms with E-state index in [-0.39, 0.29) is 19.6 Å². The third-order valence-corrected chi connectivity index (χ3v) is 2.99. The SMILES string of the molecule is COc1ccc([Se]C(C)=O)cc1.